The maximum atomic E-state index is 13.4. The first-order chi connectivity index (χ1) is 9.70. The summed E-state index contributed by atoms with van der Waals surface area (Å²) in [7, 11) is 0. The molecule has 1 aromatic carbocycles. The van der Waals surface area contributed by atoms with Gasteiger partial charge in [0.15, 0.2) is 17.3 Å². The largest absolute Gasteiger partial charge is 0.483 e. The molecule has 0 aliphatic carbocycles. The van der Waals surface area contributed by atoms with E-state index in [4.69, 9.17) is 9.47 Å². The lowest BCUT2D eigenvalue weighted by Crippen LogP contribution is -2.39. The number of rotatable bonds is 7. The number of benzene rings is 1. The van der Waals surface area contributed by atoms with Gasteiger partial charge in [-0.3, -0.25) is 0 Å². The highest BCUT2D eigenvalue weighted by Crippen LogP contribution is 2.34. The van der Waals surface area contributed by atoms with Crippen LogP contribution in [-0.4, -0.2) is 25.8 Å². The Morgan fingerprint density at radius 2 is 2.10 bits per heavy atom. The third kappa shape index (κ3) is 4.07. The number of hydrogen-bond donors (Lipinski definition) is 1. The Balaban J connectivity index is 1.77. The maximum absolute atomic E-state index is 13.4. The minimum absolute atomic E-state index is 0.00518. The zero-order valence-corrected chi connectivity index (χ0v) is 11.8. The van der Waals surface area contributed by atoms with Gasteiger partial charge in [-0.1, -0.05) is 26.2 Å². The maximum Gasteiger partial charge on any atom is 0.197 e. The number of fused-ring (bicyclic) bond motifs is 1. The predicted molar refractivity (Wildman–Crippen MR) is 73.3 cm³/mol. The molecule has 3 nitrogen and oxygen atoms in total. The number of halogens is 2. The highest BCUT2D eigenvalue weighted by molar-refractivity contribution is 5.42. The molecule has 1 aromatic rings. The van der Waals surface area contributed by atoms with E-state index in [1.165, 1.54) is 19.3 Å². The van der Waals surface area contributed by atoms with E-state index in [1.807, 2.05) is 0 Å². The Labute approximate surface area is 118 Å². The van der Waals surface area contributed by atoms with E-state index >= 15 is 0 Å². The average molecular weight is 285 g/mol. The molecule has 0 aromatic heterocycles. The van der Waals surface area contributed by atoms with Crippen LogP contribution in [0.3, 0.4) is 0 Å². The van der Waals surface area contributed by atoms with Crippen LogP contribution in [0.15, 0.2) is 12.1 Å². The zero-order valence-electron chi connectivity index (χ0n) is 11.8. The molecule has 112 valence electrons. The molecule has 0 spiro atoms. The molecule has 1 unspecified atom stereocenters. The van der Waals surface area contributed by atoms with Crippen LogP contribution in [0, 0.1) is 11.6 Å². The van der Waals surface area contributed by atoms with Crippen molar-refractivity contribution >= 4 is 0 Å². The van der Waals surface area contributed by atoms with Crippen molar-refractivity contribution in [1.82, 2.24) is 5.32 Å². The summed E-state index contributed by atoms with van der Waals surface area (Å²) in [6, 6.07) is 1.96. The molecule has 2 rings (SSSR count). The van der Waals surface area contributed by atoms with Gasteiger partial charge in [-0.05, 0) is 13.0 Å². The second kappa shape index (κ2) is 7.43. The van der Waals surface area contributed by atoms with Crippen molar-refractivity contribution in [2.75, 3.05) is 19.7 Å². The first-order valence-electron chi connectivity index (χ1n) is 7.20. The van der Waals surface area contributed by atoms with Crippen molar-refractivity contribution in [2.24, 2.45) is 0 Å². The van der Waals surface area contributed by atoms with E-state index in [-0.39, 0.29) is 24.2 Å². The first-order valence-corrected chi connectivity index (χ1v) is 7.20. The fourth-order valence-electron chi connectivity index (χ4n) is 2.19. The van der Waals surface area contributed by atoms with E-state index < -0.39 is 11.6 Å². The third-order valence-electron chi connectivity index (χ3n) is 3.26. The lowest BCUT2D eigenvalue weighted by atomic mass is 10.2. The van der Waals surface area contributed by atoms with E-state index in [0.29, 0.717) is 6.54 Å². The van der Waals surface area contributed by atoms with Crippen molar-refractivity contribution < 1.29 is 18.3 Å². The molecule has 1 aliphatic rings. The Kier molecular flexibility index (Phi) is 5.59. The van der Waals surface area contributed by atoms with Gasteiger partial charge in [0.25, 0.3) is 0 Å². The molecule has 0 bridgehead atoms. The Morgan fingerprint density at radius 3 is 2.90 bits per heavy atom. The van der Waals surface area contributed by atoms with Crippen LogP contribution in [0.5, 0.6) is 11.5 Å². The molecule has 0 fully saturated rings. The van der Waals surface area contributed by atoms with Crippen molar-refractivity contribution in [3.05, 3.63) is 23.8 Å². The average Bonchev–Trinajstić information content (AvgIpc) is 2.42. The van der Waals surface area contributed by atoms with Crippen molar-refractivity contribution in [1.29, 1.82) is 0 Å². The highest BCUT2D eigenvalue weighted by Gasteiger charge is 2.24. The molecule has 0 saturated carbocycles. The lowest BCUT2D eigenvalue weighted by molar-refractivity contribution is 0.0855. The van der Waals surface area contributed by atoms with Gasteiger partial charge < -0.3 is 14.8 Å². The smallest absolute Gasteiger partial charge is 0.197 e. The zero-order chi connectivity index (χ0) is 14.4. The van der Waals surface area contributed by atoms with Crippen LogP contribution < -0.4 is 14.8 Å². The molecular weight excluding hydrogens is 264 g/mol. The number of nitrogens with one attached hydrogen (secondary N) is 1. The quantitative estimate of drug-likeness (QED) is 0.780. The van der Waals surface area contributed by atoms with Crippen LogP contribution in [0.25, 0.3) is 0 Å². The fourth-order valence-corrected chi connectivity index (χ4v) is 2.19. The summed E-state index contributed by atoms with van der Waals surface area (Å²) in [5, 5.41) is 3.28. The Hall–Kier alpha value is -1.36. The Bertz CT molecular complexity index is 440. The standard InChI is InChI=1S/C15H21F2NO2/c1-2-3-4-5-6-18-9-12-10-19-15-13(17)7-11(16)8-14(15)20-12/h7-8,12,18H,2-6,9-10H2,1H3. The van der Waals surface area contributed by atoms with Gasteiger partial charge in [0, 0.05) is 18.7 Å². The summed E-state index contributed by atoms with van der Waals surface area (Å²) >= 11 is 0. The lowest BCUT2D eigenvalue weighted by Gasteiger charge is -2.27. The molecule has 1 heterocycles. The summed E-state index contributed by atoms with van der Waals surface area (Å²) in [6.07, 6.45) is 4.59. The normalized spacial score (nSPS) is 17.2. The molecule has 20 heavy (non-hydrogen) atoms. The predicted octanol–water partition coefficient (Wildman–Crippen LogP) is 3.27. The van der Waals surface area contributed by atoms with Gasteiger partial charge in [0.05, 0.1) is 0 Å². The number of unbranched alkanes of at least 4 members (excludes halogenated alkanes) is 3. The summed E-state index contributed by atoms with van der Waals surface area (Å²) in [5.74, 6) is -1.22. The van der Waals surface area contributed by atoms with Gasteiger partial charge in [-0.15, -0.1) is 0 Å². The minimum atomic E-state index is -0.717. The molecule has 0 saturated heterocycles. The van der Waals surface area contributed by atoms with E-state index in [0.717, 1.165) is 25.1 Å². The SMILES string of the molecule is CCCCCCNCC1COc2c(F)cc(F)cc2O1. The summed E-state index contributed by atoms with van der Waals surface area (Å²) < 4.78 is 37.4. The molecule has 1 aliphatic heterocycles. The number of hydrogen-bond acceptors (Lipinski definition) is 3. The van der Waals surface area contributed by atoms with Crippen molar-refractivity contribution in [3.8, 4) is 11.5 Å². The van der Waals surface area contributed by atoms with E-state index in [1.54, 1.807) is 0 Å². The fraction of sp³-hybridized carbons (Fsp3) is 0.600. The molecular formula is C15H21F2NO2. The van der Waals surface area contributed by atoms with Crippen LogP contribution in [0.2, 0.25) is 0 Å². The van der Waals surface area contributed by atoms with Gasteiger partial charge in [0.2, 0.25) is 0 Å². The van der Waals surface area contributed by atoms with Crippen LogP contribution in [0.4, 0.5) is 8.78 Å². The Morgan fingerprint density at radius 1 is 1.25 bits per heavy atom. The number of ether oxygens (including phenoxy) is 2. The second-order valence-electron chi connectivity index (χ2n) is 5.03. The summed E-state index contributed by atoms with van der Waals surface area (Å²) in [5.41, 5.74) is 0. The van der Waals surface area contributed by atoms with E-state index in [2.05, 4.69) is 12.2 Å². The monoisotopic (exact) mass is 285 g/mol. The van der Waals surface area contributed by atoms with Gasteiger partial charge in [-0.25, -0.2) is 8.78 Å². The van der Waals surface area contributed by atoms with Crippen molar-refractivity contribution in [2.45, 2.75) is 38.7 Å². The molecule has 5 heteroatoms. The third-order valence-corrected chi connectivity index (χ3v) is 3.26. The molecule has 0 amide bonds. The van der Waals surface area contributed by atoms with Gasteiger partial charge in [-0.2, -0.15) is 0 Å². The second-order valence-corrected chi connectivity index (χ2v) is 5.03. The highest BCUT2D eigenvalue weighted by atomic mass is 19.1. The molecule has 1 N–H and O–H groups in total. The summed E-state index contributed by atoms with van der Waals surface area (Å²) in [6.45, 7) is 3.99. The molecule has 0 radical (unpaired) electrons. The van der Waals surface area contributed by atoms with Crippen LogP contribution >= 0.6 is 0 Å². The van der Waals surface area contributed by atoms with Crippen LogP contribution in [0.1, 0.15) is 32.6 Å². The van der Waals surface area contributed by atoms with Gasteiger partial charge >= 0.3 is 0 Å². The summed E-state index contributed by atoms with van der Waals surface area (Å²) in [4.78, 5) is 0. The van der Waals surface area contributed by atoms with E-state index in [9.17, 15) is 8.78 Å². The van der Waals surface area contributed by atoms with Gasteiger partial charge in [0.1, 0.15) is 18.5 Å². The minimum Gasteiger partial charge on any atom is -0.483 e. The van der Waals surface area contributed by atoms with Crippen molar-refractivity contribution in [3.63, 3.8) is 0 Å². The van der Waals surface area contributed by atoms with Crippen LogP contribution in [-0.2, 0) is 0 Å². The topological polar surface area (TPSA) is 30.5 Å². The first kappa shape index (κ1) is 15.0. The molecule has 1 atom stereocenters.